The summed E-state index contributed by atoms with van der Waals surface area (Å²) in [5.74, 6) is -0.849. The van der Waals surface area contributed by atoms with Crippen LogP contribution in [-0.2, 0) is 9.53 Å². The summed E-state index contributed by atoms with van der Waals surface area (Å²) in [5, 5.41) is 19.0. The summed E-state index contributed by atoms with van der Waals surface area (Å²) in [6, 6.07) is -0.0382. The van der Waals surface area contributed by atoms with Crippen LogP contribution >= 0.6 is 0 Å². The Bertz CT molecular complexity index is 235. The Morgan fingerprint density at radius 1 is 1.35 bits per heavy atom. The highest BCUT2D eigenvalue weighted by molar-refractivity contribution is 5.69. The number of hydrogen-bond acceptors (Lipinski definition) is 4. The molecule has 0 spiro atoms. The largest absolute Gasteiger partial charge is 0.480 e. The maximum Gasteiger partial charge on any atom is 0.317 e. The lowest BCUT2D eigenvalue weighted by Gasteiger charge is -2.32. The lowest BCUT2D eigenvalue weighted by atomic mass is 10.0. The minimum absolute atomic E-state index is 0.0227. The molecule has 1 fully saturated rings. The first-order valence-electron chi connectivity index (χ1n) is 6.28. The average Bonchev–Trinajstić information content (AvgIpc) is 2.49. The summed E-state index contributed by atoms with van der Waals surface area (Å²) in [5.41, 5.74) is 0. The molecule has 0 aromatic rings. The van der Waals surface area contributed by atoms with Crippen LogP contribution in [0.15, 0.2) is 0 Å². The lowest BCUT2D eigenvalue weighted by Crippen LogP contribution is -2.47. The second-order valence-corrected chi connectivity index (χ2v) is 4.63. The molecule has 0 amide bonds. The lowest BCUT2D eigenvalue weighted by molar-refractivity contribution is -0.139. The molecule has 0 aliphatic heterocycles. The number of hydrogen-bond donors (Lipinski definition) is 2. The first-order valence-corrected chi connectivity index (χ1v) is 6.28. The van der Waals surface area contributed by atoms with E-state index >= 15 is 0 Å². The summed E-state index contributed by atoms with van der Waals surface area (Å²) in [6.07, 6.45) is 4.45. The molecule has 5 heteroatoms. The number of aliphatic carboxylic acids is 1. The zero-order valence-electron chi connectivity index (χ0n) is 10.5. The molecule has 2 unspecified atom stereocenters. The summed E-state index contributed by atoms with van der Waals surface area (Å²) in [4.78, 5) is 12.7. The Morgan fingerprint density at radius 3 is 2.71 bits per heavy atom. The topological polar surface area (TPSA) is 70.0 Å². The normalized spacial score (nSPS) is 25.8. The predicted molar refractivity (Wildman–Crippen MR) is 64.0 cm³/mol. The first kappa shape index (κ1) is 14.4. The molecule has 0 radical (unpaired) electrons. The van der Waals surface area contributed by atoms with Crippen molar-refractivity contribution in [3.05, 3.63) is 0 Å². The predicted octanol–water partition coefficient (Wildman–Crippen LogP) is 0.713. The molecule has 2 N–H and O–H groups in total. The van der Waals surface area contributed by atoms with Gasteiger partial charge in [0.25, 0.3) is 0 Å². The standard InChI is InChI=1S/C12H23NO4/c1-17-8-7-13(9-12(15)16)10-5-3-2-4-6-11(10)14/h10-11,14H,2-9H2,1H3,(H,15,16). The highest BCUT2D eigenvalue weighted by atomic mass is 16.5. The van der Waals surface area contributed by atoms with Crippen molar-refractivity contribution in [2.24, 2.45) is 0 Å². The third-order valence-electron chi connectivity index (χ3n) is 3.33. The number of rotatable bonds is 6. The minimum atomic E-state index is -0.849. The number of carboxylic acid groups (broad SMARTS) is 1. The van der Waals surface area contributed by atoms with Crippen LogP contribution in [0.3, 0.4) is 0 Å². The van der Waals surface area contributed by atoms with Crippen LogP contribution in [0.25, 0.3) is 0 Å². The van der Waals surface area contributed by atoms with Crippen molar-refractivity contribution in [2.45, 2.75) is 44.2 Å². The zero-order chi connectivity index (χ0) is 12.7. The van der Waals surface area contributed by atoms with Crippen LogP contribution in [-0.4, -0.2) is 60.0 Å². The van der Waals surface area contributed by atoms with Crippen molar-refractivity contribution in [1.82, 2.24) is 4.90 Å². The Morgan fingerprint density at radius 2 is 2.06 bits per heavy atom. The molecule has 0 bridgehead atoms. The fourth-order valence-electron chi connectivity index (χ4n) is 2.44. The van der Waals surface area contributed by atoms with Crippen molar-refractivity contribution in [2.75, 3.05) is 26.8 Å². The molecule has 5 nitrogen and oxygen atoms in total. The van der Waals surface area contributed by atoms with Gasteiger partial charge in [0.15, 0.2) is 0 Å². The summed E-state index contributed by atoms with van der Waals surface area (Å²) in [6.45, 7) is 1.03. The molecule has 17 heavy (non-hydrogen) atoms. The highest BCUT2D eigenvalue weighted by Gasteiger charge is 2.28. The fourth-order valence-corrected chi connectivity index (χ4v) is 2.44. The van der Waals surface area contributed by atoms with Gasteiger partial charge in [0.2, 0.25) is 0 Å². The van der Waals surface area contributed by atoms with Crippen LogP contribution < -0.4 is 0 Å². The molecule has 0 heterocycles. The second-order valence-electron chi connectivity index (χ2n) is 4.63. The van der Waals surface area contributed by atoms with Crippen LogP contribution in [0.1, 0.15) is 32.1 Å². The van der Waals surface area contributed by atoms with Gasteiger partial charge in [-0.25, -0.2) is 0 Å². The Hall–Kier alpha value is -0.650. The molecule has 100 valence electrons. The van der Waals surface area contributed by atoms with E-state index in [9.17, 15) is 9.90 Å². The molecule has 1 aliphatic carbocycles. The van der Waals surface area contributed by atoms with Gasteiger partial charge in [0, 0.05) is 19.7 Å². The summed E-state index contributed by atoms with van der Waals surface area (Å²) < 4.78 is 4.99. The quantitative estimate of drug-likeness (QED) is 0.675. The Kier molecular flexibility index (Phi) is 6.47. The third-order valence-corrected chi connectivity index (χ3v) is 3.33. The van der Waals surface area contributed by atoms with Crippen molar-refractivity contribution in [3.63, 3.8) is 0 Å². The molecule has 0 saturated heterocycles. The molecule has 1 rings (SSSR count). The zero-order valence-corrected chi connectivity index (χ0v) is 10.5. The van der Waals surface area contributed by atoms with E-state index in [0.717, 1.165) is 32.1 Å². The van der Waals surface area contributed by atoms with Gasteiger partial charge in [0.1, 0.15) is 0 Å². The smallest absolute Gasteiger partial charge is 0.317 e. The number of carboxylic acids is 1. The van der Waals surface area contributed by atoms with E-state index in [1.165, 1.54) is 0 Å². The number of nitrogens with zero attached hydrogens (tertiary/aromatic N) is 1. The van der Waals surface area contributed by atoms with Crippen molar-refractivity contribution in [1.29, 1.82) is 0 Å². The van der Waals surface area contributed by atoms with E-state index in [2.05, 4.69) is 0 Å². The SMILES string of the molecule is COCCN(CC(=O)O)C1CCCCCC1O. The van der Waals surface area contributed by atoms with Gasteiger partial charge in [-0.05, 0) is 12.8 Å². The molecular weight excluding hydrogens is 222 g/mol. The van der Waals surface area contributed by atoms with Crippen molar-refractivity contribution in [3.8, 4) is 0 Å². The number of methoxy groups -OCH3 is 1. The molecular formula is C12H23NO4. The summed E-state index contributed by atoms with van der Waals surface area (Å²) >= 11 is 0. The molecule has 0 aromatic heterocycles. The van der Waals surface area contributed by atoms with Gasteiger partial charge in [-0.15, -0.1) is 0 Å². The van der Waals surface area contributed by atoms with E-state index in [4.69, 9.17) is 9.84 Å². The van der Waals surface area contributed by atoms with Crippen LogP contribution in [0.5, 0.6) is 0 Å². The van der Waals surface area contributed by atoms with Gasteiger partial charge >= 0.3 is 5.97 Å². The number of ether oxygens (including phenoxy) is 1. The molecule has 2 atom stereocenters. The van der Waals surface area contributed by atoms with Crippen LogP contribution in [0.2, 0.25) is 0 Å². The van der Waals surface area contributed by atoms with E-state index in [1.54, 1.807) is 7.11 Å². The fraction of sp³-hybridized carbons (Fsp3) is 0.917. The molecule has 1 aliphatic rings. The Balaban J connectivity index is 2.60. The van der Waals surface area contributed by atoms with Crippen molar-refractivity contribution < 1.29 is 19.7 Å². The second kappa shape index (κ2) is 7.63. The van der Waals surface area contributed by atoms with Gasteiger partial charge in [-0.3, -0.25) is 9.69 Å². The van der Waals surface area contributed by atoms with E-state index < -0.39 is 12.1 Å². The number of aliphatic hydroxyl groups is 1. The van der Waals surface area contributed by atoms with Crippen LogP contribution in [0.4, 0.5) is 0 Å². The van der Waals surface area contributed by atoms with Gasteiger partial charge in [-0.2, -0.15) is 0 Å². The van der Waals surface area contributed by atoms with E-state index in [-0.39, 0.29) is 12.6 Å². The van der Waals surface area contributed by atoms with Gasteiger partial charge < -0.3 is 14.9 Å². The first-order chi connectivity index (χ1) is 8.15. The minimum Gasteiger partial charge on any atom is -0.480 e. The van der Waals surface area contributed by atoms with Gasteiger partial charge in [-0.1, -0.05) is 19.3 Å². The number of aliphatic hydroxyl groups excluding tert-OH is 1. The van der Waals surface area contributed by atoms with E-state index in [0.29, 0.717) is 13.2 Å². The monoisotopic (exact) mass is 245 g/mol. The highest BCUT2D eigenvalue weighted by Crippen LogP contribution is 2.22. The van der Waals surface area contributed by atoms with E-state index in [1.807, 2.05) is 4.90 Å². The molecule has 1 saturated carbocycles. The van der Waals surface area contributed by atoms with Gasteiger partial charge in [0.05, 0.1) is 19.3 Å². The third kappa shape index (κ3) is 5.02. The Labute approximate surface area is 102 Å². The maximum absolute atomic E-state index is 10.8. The summed E-state index contributed by atoms with van der Waals surface area (Å²) in [7, 11) is 1.60. The number of carbonyl (C=O) groups is 1. The maximum atomic E-state index is 10.8. The molecule has 0 aromatic carbocycles. The van der Waals surface area contributed by atoms with Crippen molar-refractivity contribution >= 4 is 5.97 Å². The van der Waals surface area contributed by atoms with Crippen LogP contribution in [0, 0.1) is 0 Å². The average molecular weight is 245 g/mol.